The van der Waals surface area contributed by atoms with E-state index in [1.807, 2.05) is 19.9 Å². The number of nitrogens with zero attached hydrogens (tertiary/aromatic N) is 3. The molecule has 0 aliphatic rings. The van der Waals surface area contributed by atoms with Crippen LogP contribution in [0.25, 0.3) is 22.3 Å². The summed E-state index contributed by atoms with van der Waals surface area (Å²) in [5.74, 6) is -0.746. The molecule has 1 unspecified atom stereocenters. The average Bonchev–Trinajstić information content (AvgIpc) is 3.17. The Labute approximate surface area is 188 Å². The highest BCUT2D eigenvalue weighted by Crippen LogP contribution is 2.32. The highest BCUT2D eigenvalue weighted by atomic mass is 35.5. The minimum atomic E-state index is -1.20. The molecule has 164 valence electrons. The molecular weight excluding hydrogens is 432 g/mol. The molecule has 8 nitrogen and oxygen atoms in total. The first-order valence-corrected chi connectivity index (χ1v) is 10.3. The zero-order valence-corrected chi connectivity index (χ0v) is 18.7. The summed E-state index contributed by atoms with van der Waals surface area (Å²) in [5.41, 5.74) is 3.23. The molecule has 0 bridgehead atoms. The van der Waals surface area contributed by atoms with Gasteiger partial charge < -0.3 is 14.8 Å². The van der Waals surface area contributed by atoms with Crippen LogP contribution in [-0.4, -0.2) is 25.8 Å². The van der Waals surface area contributed by atoms with Crippen LogP contribution < -0.4 is 10.7 Å². The molecule has 4 aromatic rings. The zero-order valence-electron chi connectivity index (χ0n) is 17.9. The van der Waals surface area contributed by atoms with Crippen molar-refractivity contribution in [2.75, 3.05) is 5.32 Å². The lowest BCUT2D eigenvalue weighted by molar-refractivity contribution is 0.0691. The van der Waals surface area contributed by atoms with E-state index in [0.29, 0.717) is 39.1 Å². The molecule has 0 fully saturated rings. The molecule has 0 spiro atoms. The van der Waals surface area contributed by atoms with Gasteiger partial charge in [-0.15, -0.1) is 0 Å². The second kappa shape index (κ2) is 8.12. The lowest BCUT2D eigenvalue weighted by Crippen LogP contribution is -2.14. The number of carboxylic acids is 1. The topological polar surface area (TPSA) is 110 Å². The highest BCUT2D eigenvalue weighted by molar-refractivity contribution is 6.29. The van der Waals surface area contributed by atoms with Gasteiger partial charge in [0.2, 0.25) is 0 Å². The third-order valence-corrected chi connectivity index (χ3v) is 5.47. The molecule has 4 rings (SSSR count). The summed E-state index contributed by atoms with van der Waals surface area (Å²) in [4.78, 5) is 28.7. The van der Waals surface area contributed by atoms with Crippen molar-refractivity contribution in [3.63, 3.8) is 0 Å². The molecule has 0 radical (unpaired) electrons. The van der Waals surface area contributed by atoms with Crippen LogP contribution in [0.1, 0.15) is 40.1 Å². The van der Waals surface area contributed by atoms with Crippen molar-refractivity contribution in [1.82, 2.24) is 14.8 Å². The fraction of sp³-hybridized carbons (Fsp3) is 0.217. The van der Waals surface area contributed by atoms with Gasteiger partial charge in [0.1, 0.15) is 16.5 Å². The maximum absolute atomic E-state index is 13.2. The minimum Gasteiger partial charge on any atom is -0.476 e. The number of hydrogen-bond donors (Lipinski definition) is 2. The van der Waals surface area contributed by atoms with Crippen LogP contribution in [0.4, 0.5) is 5.69 Å². The van der Waals surface area contributed by atoms with Gasteiger partial charge in [-0.05, 0) is 44.5 Å². The number of halogens is 1. The summed E-state index contributed by atoms with van der Waals surface area (Å²) in [6, 6.07) is 6.39. The maximum Gasteiger partial charge on any atom is 0.356 e. The van der Waals surface area contributed by atoms with Gasteiger partial charge in [0.15, 0.2) is 11.1 Å². The molecule has 3 heterocycles. The van der Waals surface area contributed by atoms with Gasteiger partial charge in [-0.25, -0.2) is 9.78 Å². The van der Waals surface area contributed by atoms with Crippen molar-refractivity contribution in [3.05, 3.63) is 74.4 Å². The van der Waals surface area contributed by atoms with E-state index in [2.05, 4.69) is 15.4 Å². The number of anilines is 1. The Hall–Kier alpha value is -3.65. The van der Waals surface area contributed by atoms with Crippen LogP contribution >= 0.6 is 11.6 Å². The average molecular weight is 453 g/mol. The molecule has 0 aliphatic heterocycles. The number of fused-ring (bicyclic) bond motifs is 1. The Kier molecular flexibility index (Phi) is 5.48. The first kappa shape index (κ1) is 21.6. The number of carboxylic acid groups (broad SMARTS) is 1. The van der Waals surface area contributed by atoms with Crippen LogP contribution in [0.5, 0.6) is 0 Å². The Morgan fingerprint density at radius 2 is 2.03 bits per heavy atom. The predicted octanol–water partition coefficient (Wildman–Crippen LogP) is 4.73. The van der Waals surface area contributed by atoms with E-state index >= 15 is 0 Å². The number of pyridine rings is 1. The highest BCUT2D eigenvalue weighted by Gasteiger charge is 2.21. The van der Waals surface area contributed by atoms with Gasteiger partial charge in [0.25, 0.3) is 0 Å². The molecule has 0 amide bonds. The second-order valence-corrected chi connectivity index (χ2v) is 8.11. The predicted molar refractivity (Wildman–Crippen MR) is 122 cm³/mol. The number of aromatic nitrogens is 3. The summed E-state index contributed by atoms with van der Waals surface area (Å²) in [7, 11) is 1.79. The SMILES string of the molecule is Cc1cc(C(C)Nc2ccc(Cl)nc2C(=O)O)c2oc(-c3cnn(C)c3)c(C)c(=O)c2c1. The monoisotopic (exact) mass is 452 g/mol. The van der Waals surface area contributed by atoms with Crippen molar-refractivity contribution in [2.45, 2.75) is 26.8 Å². The van der Waals surface area contributed by atoms with E-state index in [1.54, 1.807) is 43.2 Å². The van der Waals surface area contributed by atoms with E-state index in [0.717, 1.165) is 5.56 Å². The van der Waals surface area contributed by atoms with Gasteiger partial charge in [0.05, 0.1) is 28.9 Å². The summed E-state index contributed by atoms with van der Waals surface area (Å²) < 4.78 is 7.91. The first-order chi connectivity index (χ1) is 15.2. The van der Waals surface area contributed by atoms with E-state index < -0.39 is 12.0 Å². The summed E-state index contributed by atoms with van der Waals surface area (Å²) in [6.45, 7) is 5.49. The molecule has 32 heavy (non-hydrogen) atoms. The summed E-state index contributed by atoms with van der Waals surface area (Å²) >= 11 is 5.86. The first-order valence-electron chi connectivity index (χ1n) is 9.89. The van der Waals surface area contributed by atoms with Crippen LogP contribution in [0.2, 0.25) is 5.15 Å². The minimum absolute atomic E-state index is 0.0872. The largest absolute Gasteiger partial charge is 0.476 e. The fourth-order valence-corrected chi connectivity index (χ4v) is 3.88. The number of carbonyl (C=O) groups is 1. The van der Waals surface area contributed by atoms with Crippen LogP contribution in [-0.2, 0) is 7.05 Å². The number of hydrogen-bond acceptors (Lipinski definition) is 6. The van der Waals surface area contributed by atoms with E-state index in [4.69, 9.17) is 16.0 Å². The zero-order chi connectivity index (χ0) is 23.2. The van der Waals surface area contributed by atoms with Gasteiger partial charge in [0, 0.05) is 24.4 Å². The molecule has 3 aromatic heterocycles. The molecule has 1 atom stereocenters. The van der Waals surface area contributed by atoms with Gasteiger partial charge in [-0.2, -0.15) is 5.10 Å². The molecule has 9 heteroatoms. The Bertz CT molecular complexity index is 1420. The number of rotatable bonds is 5. The van der Waals surface area contributed by atoms with Gasteiger partial charge in [-0.3, -0.25) is 9.48 Å². The Morgan fingerprint density at radius 1 is 1.28 bits per heavy atom. The van der Waals surface area contributed by atoms with Crippen molar-refractivity contribution in [2.24, 2.45) is 7.05 Å². The van der Waals surface area contributed by atoms with Gasteiger partial charge in [-0.1, -0.05) is 17.7 Å². The van der Waals surface area contributed by atoms with Gasteiger partial charge >= 0.3 is 5.97 Å². The molecular formula is C23H21ClN4O4. The third kappa shape index (κ3) is 3.85. The smallest absolute Gasteiger partial charge is 0.356 e. The van der Waals surface area contributed by atoms with E-state index in [9.17, 15) is 14.7 Å². The van der Waals surface area contributed by atoms with Crippen LogP contribution in [0, 0.1) is 13.8 Å². The molecule has 0 saturated heterocycles. The fourth-order valence-electron chi connectivity index (χ4n) is 3.73. The summed E-state index contributed by atoms with van der Waals surface area (Å²) in [5, 5.41) is 17.4. The lowest BCUT2D eigenvalue weighted by Gasteiger charge is -2.19. The number of benzene rings is 1. The molecule has 0 aliphatic carbocycles. The molecule has 1 aromatic carbocycles. The molecule has 2 N–H and O–H groups in total. The Morgan fingerprint density at radius 3 is 2.69 bits per heavy atom. The van der Waals surface area contributed by atoms with Crippen molar-refractivity contribution in [1.29, 1.82) is 0 Å². The Balaban J connectivity index is 1.88. The third-order valence-electron chi connectivity index (χ3n) is 5.26. The number of aryl methyl sites for hydroxylation is 2. The second-order valence-electron chi connectivity index (χ2n) is 7.72. The quantitative estimate of drug-likeness (QED) is 0.421. The van der Waals surface area contributed by atoms with Crippen molar-refractivity contribution >= 4 is 34.2 Å². The number of nitrogens with one attached hydrogen (secondary N) is 1. The van der Waals surface area contributed by atoms with E-state index in [1.165, 1.54) is 6.07 Å². The number of aromatic carboxylic acids is 1. The molecule has 0 saturated carbocycles. The van der Waals surface area contributed by atoms with Crippen molar-refractivity contribution < 1.29 is 14.3 Å². The van der Waals surface area contributed by atoms with Crippen LogP contribution in [0.3, 0.4) is 0 Å². The summed E-state index contributed by atoms with van der Waals surface area (Å²) in [6.07, 6.45) is 3.43. The lowest BCUT2D eigenvalue weighted by atomic mass is 9.99. The standard InChI is InChI=1S/C23H21ClN4O4/c1-11-7-15(13(3)26-17-5-6-18(24)27-19(17)23(30)31)22-16(8-11)20(29)12(2)21(32-22)14-9-25-28(4)10-14/h5-10,13,26H,1-4H3,(H,30,31). The van der Waals surface area contributed by atoms with Crippen molar-refractivity contribution in [3.8, 4) is 11.3 Å². The maximum atomic E-state index is 13.2. The van der Waals surface area contributed by atoms with Crippen LogP contribution in [0.15, 0.2) is 45.9 Å². The normalized spacial score (nSPS) is 12.2. The van der Waals surface area contributed by atoms with E-state index in [-0.39, 0.29) is 16.3 Å².